The van der Waals surface area contributed by atoms with Gasteiger partial charge in [-0.15, -0.1) is 0 Å². The second-order valence-corrected chi connectivity index (χ2v) is 7.29. The predicted octanol–water partition coefficient (Wildman–Crippen LogP) is 5.54. The molecule has 4 nitrogen and oxygen atoms in total. The zero-order chi connectivity index (χ0) is 18.2. The number of benzene rings is 2. The molecule has 25 heavy (non-hydrogen) atoms. The molecule has 0 aliphatic carbocycles. The van der Waals surface area contributed by atoms with E-state index in [1.54, 1.807) is 30.3 Å². The Kier molecular flexibility index (Phi) is 7.59. The van der Waals surface area contributed by atoms with E-state index in [-0.39, 0.29) is 12.5 Å². The normalized spacial score (nSPS) is 10.6. The van der Waals surface area contributed by atoms with E-state index in [0.717, 1.165) is 16.6 Å². The Balaban J connectivity index is 1.85. The first-order valence-corrected chi connectivity index (χ1v) is 9.21. The van der Waals surface area contributed by atoms with Crippen LogP contribution in [-0.2, 0) is 4.79 Å². The molecular weight excluding hydrogens is 406 g/mol. The highest BCUT2D eigenvalue weighted by molar-refractivity contribution is 9.10. The van der Waals surface area contributed by atoms with E-state index in [4.69, 9.17) is 21.1 Å². The molecule has 0 unspecified atom stereocenters. The Morgan fingerprint density at radius 2 is 2.00 bits per heavy atom. The number of hydrogen-bond acceptors (Lipinski definition) is 3. The third-order valence-corrected chi connectivity index (χ3v) is 4.12. The van der Waals surface area contributed by atoms with Crippen molar-refractivity contribution in [1.82, 2.24) is 0 Å². The van der Waals surface area contributed by atoms with Crippen LogP contribution in [-0.4, -0.2) is 19.1 Å². The molecule has 0 bridgehead atoms. The van der Waals surface area contributed by atoms with Crippen molar-refractivity contribution in [3.63, 3.8) is 0 Å². The van der Waals surface area contributed by atoms with E-state index in [1.165, 1.54) is 0 Å². The van der Waals surface area contributed by atoms with Gasteiger partial charge in [-0.1, -0.05) is 47.4 Å². The Labute approximate surface area is 161 Å². The molecule has 1 N–H and O–H groups in total. The van der Waals surface area contributed by atoms with Crippen LogP contribution in [0.3, 0.4) is 0 Å². The third-order valence-electron chi connectivity index (χ3n) is 3.33. The molecule has 2 rings (SSSR count). The lowest BCUT2D eigenvalue weighted by Gasteiger charge is -2.11. The van der Waals surface area contributed by atoms with E-state index >= 15 is 0 Å². The lowest BCUT2D eigenvalue weighted by atomic mass is 10.1. The summed E-state index contributed by atoms with van der Waals surface area (Å²) in [6, 6.07) is 12.5. The summed E-state index contributed by atoms with van der Waals surface area (Å²) in [6.07, 6.45) is 0.985. The molecule has 0 aliphatic heterocycles. The van der Waals surface area contributed by atoms with Crippen LogP contribution in [0.25, 0.3) is 0 Å². The van der Waals surface area contributed by atoms with Gasteiger partial charge in [0.15, 0.2) is 6.61 Å². The number of halogens is 2. The van der Waals surface area contributed by atoms with Gasteiger partial charge in [0.2, 0.25) is 0 Å². The molecule has 0 aliphatic rings. The predicted molar refractivity (Wildman–Crippen MR) is 105 cm³/mol. The van der Waals surface area contributed by atoms with Crippen LogP contribution in [0.1, 0.15) is 20.3 Å². The topological polar surface area (TPSA) is 47.6 Å². The smallest absolute Gasteiger partial charge is 0.262 e. The van der Waals surface area contributed by atoms with Crippen molar-refractivity contribution >= 4 is 39.1 Å². The maximum Gasteiger partial charge on any atom is 0.262 e. The third kappa shape index (κ3) is 6.96. The first-order valence-electron chi connectivity index (χ1n) is 8.04. The first kappa shape index (κ1) is 19.6. The van der Waals surface area contributed by atoms with Gasteiger partial charge in [0.05, 0.1) is 11.6 Å². The van der Waals surface area contributed by atoms with Crippen LogP contribution in [0.15, 0.2) is 46.9 Å². The standard InChI is InChI=1S/C19H21BrClNO3/c1-13(2)8-9-24-16-5-3-4-15(11-16)22-19(23)12-25-18-7-6-14(20)10-17(18)21/h3-7,10-11,13H,8-9,12H2,1-2H3,(H,22,23). The second kappa shape index (κ2) is 9.68. The molecule has 0 saturated carbocycles. The lowest BCUT2D eigenvalue weighted by Crippen LogP contribution is -2.20. The Bertz CT molecular complexity index is 722. The van der Waals surface area contributed by atoms with Crippen LogP contribution in [0.4, 0.5) is 5.69 Å². The highest BCUT2D eigenvalue weighted by atomic mass is 79.9. The molecule has 0 aromatic heterocycles. The van der Waals surface area contributed by atoms with E-state index in [9.17, 15) is 4.79 Å². The largest absolute Gasteiger partial charge is 0.494 e. The van der Waals surface area contributed by atoms with Gasteiger partial charge in [-0.3, -0.25) is 4.79 Å². The van der Waals surface area contributed by atoms with Crippen molar-refractivity contribution in [1.29, 1.82) is 0 Å². The number of amides is 1. The molecule has 0 heterocycles. The van der Waals surface area contributed by atoms with Gasteiger partial charge in [0, 0.05) is 16.2 Å². The van der Waals surface area contributed by atoms with Gasteiger partial charge in [-0.05, 0) is 42.7 Å². The van der Waals surface area contributed by atoms with Crippen molar-refractivity contribution in [2.75, 3.05) is 18.5 Å². The minimum absolute atomic E-state index is 0.125. The molecular formula is C19H21BrClNO3. The van der Waals surface area contributed by atoms with E-state index in [1.807, 2.05) is 12.1 Å². The molecule has 2 aromatic rings. The highest BCUT2D eigenvalue weighted by Crippen LogP contribution is 2.27. The first-order chi connectivity index (χ1) is 11.9. The summed E-state index contributed by atoms with van der Waals surface area (Å²) in [5, 5.41) is 3.23. The van der Waals surface area contributed by atoms with E-state index < -0.39 is 0 Å². The van der Waals surface area contributed by atoms with Gasteiger partial charge in [-0.25, -0.2) is 0 Å². The summed E-state index contributed by atoms with van der Waals surface area (Å²) in [4.78, 5) is 12.0. The van der Waals surface area contributed by atoms with Crippen LogP contribution in [0, 0.1) is 5.92 Å². The molecule has 0 fully saturated rings. The summed E-state index contributed by atoms with van der Waals surface area (Å²) in [6.45, 7) is 4.83. The molecule has 0 saturated heterocycles. The maximum absolute atomic E-state index is 12.0. The van der Waals surface area contributed by atoms with E-state index in [2.05, 4.69) is 35.1 Å². The fourth-order valence-electron chi connectivity index (χ4n) is 2.01. The minimum Gasteiger partial charge on any atom is -0.494 e. The van der Waals surface area contributed by atoms with Crippen molar-refractivity contribution in [2.45, 2.75) is 20.3 Å². The van der Waals surface area contributed by atoms with Gasteiger partial charge in [-0.2, -0.15) is 0 Å². The highest BCUT2D eigenvalue weighted by Gasteiger charge is 2.07. The number of carbonyl (C=O) groups excluding carboxylic acids is 1. The number of nitrogens with one attached hydrogen (secondary N) is 1. The van der Waals surface area contributed by atoms with Crippen molar-refractivity contribution in [2.24, 2.45) is 5.92 Å². The number of carbonyl (C=O) groups is 1. The summed E-state index contributed by atoms with van der Waals surface area (Å²) in [5.74, 6) is 1.52. The van der Waals surface area contributed by atoms with Crippen LogP contribution in [0.5, 0.6) is 11.5 Å². The zero-order valence-electron chi connectivity index (χ0n) is 14.2. The average molecular weight is 427 g/mol. The Morgan fingerprint density at radius 1 is 1.20 bits per heavy atom. The lowest BCUT2D eigenvalue weighted by molar-refractivity contribution is -0.118. The molecule has 2 aromatic carbocycles. The molecule has 0 spiro atoms. The SMILES string of the molecule is CC(C)CCOc1cccc(NC(=O)COc2ccc(Br)cc2Cl)c1. The summed E-state index contributed by atoms with van der Waals surface area (Å²) in [5.41, 5.74) is 0.664. The maximum atomic E-state index is 12.0. The zero-order valence-corrected chi connectivity index (χ0v) is 16.6. The fraction of sp³-hybridized carbons (Fsp3) is 0.316. The summed E-state index contributed by atoms with van der Waals surface area (Å²) >= 11 is 9.38. The van der Waals surface area contributed by atoms with Crippen molar-refractivity contribution in [3.05, 3.63) is 52.0 Å². The van der Waals surface area contributed by atoms with Gasteiger partial charge < -0.3 is 14.8 Å². The second-order valence-electron chi connectivity index (χ2n) is 5.97. The number of hydrogen-bond donors (Lipinski definition) is 1. The van der Waals surface area contributed by atoms with Gasteiger partial charge in [0.25, 0.3) is 5.91 Å². The molecule has 134 valence electrons. The van der Waals surface area contributed by atoms with Crippen LogP contribution in [0.2, 0.25) is 5.02 Å². The van der Waals surface area contributed by atoms with Crippen molar-refractivity contribution < 1.29 is 14.3 Å². The Morgan fingerprint density at radius 3 is 2.72 bits per heavy atom. The number of rotatable bonds is 8. The molecule has 1 amide bonds. The molecule has 6 heteroatoms. The molecule has 0 radical (unpaired) electrons. The van der Waals surface area contributed by atoms with Gasteiger partial charge in [0.1, 0.15) is 11.5 Å². The average Bonchev–Trinajstić information content (AvgIpc) is 2.54. The fourth-order valence-corrected chi connectivity index (χ4v) is 2.74. The quantitative estimate of drug-likeness (QED) is 0.602. The van der Waals surface area contributed by atoms with E-state index in [0.29, 0.717) is 29.0 Å². The molecule has 0 atom stereocenters. The summed E-state index contributed by atoms with van der Waals surface area (Å²) in [7, 11) is 0. The minimum atomic E-state index is -0.265. The Hall–Kier alpha value is -1.72. The van der Waals surface area contributed by atoms with Crippen LogP contribution >= 0.6 is 27.5 Å². The summed E-state index contributed by atoms with van der Waals surface area (Å²) < 4.78 is 12.0. The number of anilines is 1. The van der Waals surface area contributed by atoms with Gasteiger partial charge >= 0.3 is 0 Å². The van der Waals surface area contributed by atoms with Crippen LogP contribution < -0.4 is 14.8 Å². The number of ether oxygens (including phenoxy) is 2. The monoisotopic (exact) mass is 425 g/mol. The van der Waals surface area contributed by atoms with Crippen molar-refractivity contribution in [3.8, 4) is 11.5 Å².